The van der Waals surface area contributed by atoms with Gasteiger partial charge in [0.2, 0.25) is 11.7 Å². The fourth-order valence-corrected chi connectivity index (χ4v) is 0.303. The lowest BCUT2D eigenvalue weighted by Gasteiger charge is -1.97. The summed E-state index contributed by atoms with van der Waals surface area (Å²) in [5, 5.41) is 12.4. The molecule has 0 aromatic heterocycles. The molecule has 0 unspecified atom stereocenters. The number of nitrogens with two attached hydrogens (primary N) is 1. The lowest BCUT2D eigenvalue weighted by atomic mass is 10.5. The summed E-state index contributed by atoms with van der Waals surface area (Å²) in [5.41, 5.74) is 4.65. The normalized spacial score (nSPS) is 10.7. The van der Waals surface area contributed by atoms with Gasteiger partial charge in [-0.25, -0.2) is 0 Å². The minimum Gasteiger partial charge on any atom is -0.409 e. The van der Waals surface area contributed by atoms with Crippen LogP contribution in [0.1, 0.15) is 6.92 Å². The minimum absolute atomic E-state index is 0.522. The number of carbonyl (C=O) groups is 2. The number of nitrogens with one attached hydrogen (secondary N) is 1. The second kappa shape index (κ2) is 3.44. The van der Waals surface area contributed by atoms with Crippen molar-refractivity contribution in [2.75, 3.05) is 0 Å². The molecule has 0 fully saturated rings. The molecule has 0 radical (unpaired) electrons. The van der Waals surface area contributed by atoms with Crippen molar-refractivity contribution < 1.29 is 14.8 Å². The molecule has 6 nitrogen and oxygen atoms in total. The maximum Gasteiger partial charge on any atom is 0.288 e. The lowest BCUT2D eigenvalue weighted by molar-refractivity contribution is -0.119. The number of carbonyl (C=O) groups excluding carboxylic acids is 2. The Kier molecular flexibility index (Phi) is 2.89. The second-order valence-corrected chi connectivity index (χ2v) is 1.49. The maximum atomic E-state index is 10.2. The van der Waals surface area contributed by atoms with E-state index in [1.807, 2.05) is 5.32 Å². The molecule has 0 aromatic rings. The Morgan fingerprint density at radius 1 is 1.60 bits per heavy atom. The summed E-state index contributed by atoms with van der Waals surface area (Å²) in [7, 11) is 0. The smallest absolute Gasteiger partial charge is 0.288 e. The molecular weight excluding hydrogens is 138 g/mol. The highest BCUT2D eigenvalue weighted by Gasteiger charge is 2.07. The van der Waals surface area contributed by atoms with Crippen LogP contribution in [0.25, 0.3) is 0 Å². The predicted octanol–water partition coefficient (Wildman–Crippen LogP) is -1.60. The summed E-state index contributed by atoms with van der Waals surface area (Å²) in [6, 6.07) is 0. The topological polar surface area (TPSA) is 105 Å². The van der Waals surface area contributed by atoms with Crippen LogP contribution in [0.5, 0.6) is 0 Å². The first-order chi connectivity index (χ1) is 4.57. The Hall–Kier alpha value is -1.59. The fourth-order valence-electron chi connectivity index (χ4n) is 0.303. The molecule has 0 heterocycles. The van der Waals surface area contributed by atoms with E-state index in [4.69, 9.17) is 5.21 Å². The molecule has 0 saturated heterocycles. The van der Waals surface area contributed by atoms with E-state index in [2.05, 4.69) is 10.9 Å². The van der Waals surface area contributed by atoms with E-state index >= 15 is 0 Å². The summed E-state index contributed by atoms with van der Waals surface area (Å²) in [4.78, 5) is 20.4. The number of nitrogens with zero attached hydrogens (tertiary/aromatic N) is 1. The van der Waals surface area contributed by atoms with E-state index in [1.54, 1.807) is 0 Å². The SMILES string of the molecule is CC(=O)N/C(=N\O)C(N)=O. The molecule has 4 N–H and O–H groups in total. The van der Waals surface area contributed by atoms with E-state index in [1.165, 1.54) is 0 Å². The van der Waals surface area contributed by atoms with Gasteiger partial charge >= 0.3 is 0 Å². The molecule has 0 bridgehead atoms. The number of hydrogen-bond donors (Lipinski definition) is 3. The van der Waals surface area contributed by atoms with Gasteiger partial charge in [-0.1, -0.05) is 5.16 Å². The molecule has 6 heteroatoms. The monoisotopic (exact) mass is 145 g/mol. The van der Waals surface area contributed by atoms with Crippen LogP contribution in [0.4, 0.5) is 0 Å². The van der Waals surface area contributed by atoms with Gasteiger partial charge in [-0.15, -0.1) is 0 Å². The van der Waals surface area contributed by atoms with E-state index in [0.717, 1.165) is 6.92 Å². The Balaban J connectivity index is 4.12. The Bertz CT molecular complexity index is 186. The van der Waals surface area contributed by atoms with Gasteiger partial charge in [0.15, 0.2) is 0 Å². The number of amides is 2. The van der Waals surface area contributed by atoms with E-state index < -0.39 is 17.6 Å². The van der Waals surface area contributed by atoms with Crippen LogP contribution in [0.15, 0.2) is 5.16 Å². The molecule has 0 rings (SSSR count). The number of hydrogen-bond acceptors (Lipinski definition) is 4. The number of amidine groups is 1. The van der Waals surface area contributed by atoms with Crippen molar-refractivity contribution in [2.24, 2.45) is 10.9 Å². The average molecular weight is 145 g/mol. The lowest BCUT2D eigenvalue weighted by Crippen LogP contribution is -2.38. The zero-order chi connectivity index (χ0) is 8.15. The van der Waals surface area contributed by atoms with Crippen molar-refractivity contribution in [1.29, 1.82) is 0 Å². The summed E-state index contributed by atoms with van der Waals surface area (Å²) in [5.74, 6) is -2.07. The third kappa shape index (κ3) is 2.65. The predicted molar refractivity (Wildman–Crippen MR) is 32.2 cm³/mol. The van der Waals surface area contributed by atoms with Crippen LogP contribution in [-0.4, -0.2) is 22.9 Å². The third-order valence-corrected chi connectivity index (χ3v) is 0.628. The van der Waals surface area contributed by atoms with Crippen LogP contribution in [-0.2, 0) is 9.59 Å². The molecule has 0 saturated carbocycles. The molecule has 10 heavy (non-hydrogen) atoms. The molecule has 0 aliphatic heterocycles. The minimum atomic E-state index is -0.988. The number of primary amides is 1. The second-order valence-electron chi connectivity index (χ2n) is 1.49. The van der Waals surface area contributed by atoms with E-state index in [0.29, 0.717) is 0 Å². The summed E-state index contributed by atoms with van der Waals surface area (Å²) >= 11 is 0. The van der Waals surface area contributed by atoms with Gasteiger partial charge < -0.3 is 16.3 Å². The van der Waals surface area contributed by atoms with Gasteiger partial charge in [-0.05, 0) is 0 Å². The fraction of sp³-hybridized carbons (Fsp3) is 0.250. The largest absolute Gasteiger partial charge is 0.409 e. The van der Waals surface area contributed by atoms with Crippen molar-refractivity contribution in [3.05, 3.63) is 0 Å². The average Bonchev–Trinajstić information content (AvgIpc) is 1.81. The Morgan fingerprint density at radius 3 is 2.20 bits per heavy atom. The van der Waals surface area contributed by atoms with Crippen molar-refractivity contribution in [2.45, 2.75) is 6.92 Å². The molecule has 0 aromatic carbocycles. The van der Waals surface area contributed by atoms with Gasteiger partial charge in [0.05, 0.1) is 0 Å². The van der Waals surface area contributed by atoms with Gasteiger partial charge in [0.1, 0.15) is 0 Å². The molecule has 0 atom stereocenters. The van der Waals surface area contributed by atoms with Crippen LogP contribution in [0, 0.1) is 0 Å². The molecule has 2 amide bonds. The molecular formula is C4H7N3O3. The Morgan fingerprint density at radius 2 is 2.10 bits per heavy atom. The van der Waals surface area contributed by atoms with Crippen LogP contribution < -0.4 is 11.1 Å². The highest BCUT2D eigenvalue weighted by molar-refractivity contribution is 6.39. The van der Waals surface area contributed by atoms with Gasteiger partial charge in [-0.2, -0.15) is 0 Å². The first-order valence-electron chi connectivity index (χ1n) is 2.37. The Labute approximate surface area is 56.7 Å². The quantitative estimate of drug-likeness (QED) is 0.165. The highest BCUT2D eigenvalue weighted by atomic mass is 16.4. The van der Waals surface area contributed by atoms with E-state index in [-0.39, 0.29) is 0 Å². The van der Waals surface area contributed by atoms with Crippen molar-refractivity contribution in [3.63, 3.8) is 0 Å². The number of rotatable bonds is 0. The molecule has 0 spiro atoms. The maximum absolute atomic E-state index is 10.2. The molecule has 0 aliphatic rings. The zero-order valence-corrected chi connectivity index (χ0v) is 5.29. The van der Waals surface area contributed by atoms with Crippen molar-refractivity contribution in [1.82, 2.24) is 5.32 Å². The summed E-state index contributed by atoms with van der Waals surface area (Å²) in [6.45, 7) is 1.16. The first kappa shape index (κ1) is 8.41. The zero-order valence-electron chi connectivity index (χ0n) is 5.29. The van der Waals surface area contributed by atoms with Gasteiger partial charge in [0, 0.05) is 6.92 Å². The standard InChI is InChI=1S/C4H7N3O3/c1-2(8)6-4(7-10)3(5)9/h10H,1H3,(H2,5,9)(H,6,7,8). The summed E-state index contributed by atoms with van der Waals surface area (Å²) < 4.78 is 0. The van der Waals surface area contributed by atoms with Crippen LogP contribution >= 0.6 is 0 Å². The molecule has 56 valence electrons. The van der Waals surface area contributed by atoms with Crippen molar-refractivity contribution in [3.8, 4) is 0 Å². The number of oxime groups is 1. The third-order valence-electron chi connectivity index (χ3n) is 0.628. The molecule has 0 aliphatic carbocycles. The first-order valence-corrected chi connectivity index (χ1v) is 2.37. The van der Waals surface area contributed by atoms with E-state index in [9.17, 15) is 9.59 Å². The summed E-state index contributed by atoms with van der Waals surface area (Å²) in [6.07, 6.45) is 0. The van der Waals surface area contributed by atoms with Crippen LogP contribution in [0.2, 0.25) is 0 Å². The highest BCUT2D eigenvalue weighted by Crippen LogP contribution is 1.69. The van der Waals surface area contributed by atoms with Crippen LogP contribution in [0.3, 0.4) is 0 Å². The van der Waals surface area contributed by atoms with Gasteiger partial charge in [-0.3, -0.25) is 9.59 Å². The van der Waals surface area contributed by atoms with Crippen molar-refractivity contribution >= 4 is 17.6 Å². The van der Waals surface area contributed by atoms with Gasteiger partial charge in [0.25, 0.3) is 5.91 Å².